The van der Waals surface area contributed by atoms with Crippen LogP contribution in [0.4, 0.5) is 0 Å². The molecular weight excluding hydrogens is 308 g/mol. The molecule has 0 aromatic rings. The van der Waals surface area contributed by atoms with Crippen LogP contribution in [0.1, 0.15) is 0 Å². The molecule has 4 N–H and O–H groups in total. The van der Waals surface area contributed by atoms with Gasteiger partial charge >= 0.3 is 0 Å². The Balaban J connectivity index is -0.0000000331. The standard InChI is InChI=1S/5BO3.H3N/c5*2-1(3)4;/h;;;;;1H3/q5*-3;/p+1. The average molecular weight is 312 g/mol. The molecule has 128 valence electrons. The van der Waals surface area contributed by atoms with E-state index in [1.54, 1.807) is 0 Å². The summed E-state index contributed by atoms with van der Waals surface area (Å²) in [5, 5.41) is 126. The van der Waals surface area contributed by atoms with Gasteiger partial charge < -0.3 is 81.5 Å². The first-order valence-corrected chi connectivity index (χ1v) is 3.54. The van der Waals surface area contributed by atoms with Crippen molar-refractivity contribution < 1.29 is 75.4 Å². The quantitative estimate of drug-likeness (QED) is 0.405. The van der Waals surface area contributed by atoms with Crippen LogP contribution >= 0.6 is 0 Å². The van der Waals surface area contributed by atoms with Crippen molar-refractivity contribution in [3.63, 3.8) is 0 Å². The van der Waals surface area contributed by atoms with Crippen LogP contribution in [0.3, 0.4) is 0 Å². The maximum Gasteiger partial charge on any atom is -0.278 e. The Hall–Kier alpha value is -0.315. The third-order valence-electron chi connectivity index (χ3n) is 0. The van der Waals surface area contributed by atoms with Gasteiger partial charge in [0.1, 0.15) is 0 Å². The van der Waals surface area contributed by atoms with Gasteiger partial charge in [-0.3, -0.25) is 36.6 Å². The van der Waals surface area contributed by atoms with Gasteiger partial charge in [-0.05, 0) is 0 Å². The predicted molar refractivity (Wildman–Crippen MR) is 34.8 cm³/mol. The summed E-state index contributed by atoms with van der Waals surface area (Å²) in [5.74, 6) is 0. The second kappa shape index (κ2) is 31.9. The van der Waals surface area contributed by atoms with E-state index in [9.17, 15) is 0 Å². The molecule has 21 heteroatoms. The summed E-state index contributed by atoms with van der Waals surface area (Å²) in [6.07, 6.45) is 0. The smallest absolute Gasteiger partial charge is 0.278 e. The molecule has 0 atom stereocenters. The van der Waals surface area contributed by atoms with Crippen LogP contribution < -0.4 is 81.5 Å². The molecule has 0 aromatic carbocycles. The maximum absolute atomic E-state index is 8.42. The molecule has 0 aromatic heterocycles. The van der Waals surface area contributed by atoms with Crippen LogP contribution in [-0.2, 0) is 0 Å². The van der Waals surface area contributed by atoms with E-state index in [1.807, 2.05) is 0 Å². The van der Waals surface area contributed by atoms with Crippen LogP contribution in [0.25, 0.3) is 0 Å². The minimum Gasteiger partial charge on any atom is -0.907 e. The van der Waals surface area contributed by atoms with E-state index < -0.39 is 36.6 Å². The Bertz CT molecular complexity index is 80.6. The molecule has 16 nitrogen and oxygen atoms in total. The highest BCUT2D eigenvalue weighted by Gasteiger charge is 1.18. The number of rotatable bonds is 0. The lowest BCUT2D eigenvalue weighted by Gasteiger charge is -2.35. The van der Waals surface area contributed by atoms with Crippen molar-refractivity contribution >= 4 is 36.6 Å². The van der Waals surface area contributed by atoms with Gasteiger partial charge in [-0.1, -0.05) is 0 Å². The fourth-order valence-corrected chi connectivity index (χ4v) is 0. The van der Waals surface area contributed by atoms with Gasteiger partial charge in [-0.15, -0.1) is 0 Å². The number of hydrogen-bond acceptors (Lipinski definition) is 15. The molecular formula is H4B5NO15-14. The van der Waals surface area contributed by atoms with Crippen LogP contribution in [0.2, 0.25) is 0 Å². The van der Waals surface area contributed by atoms with Crippen LogP contribution in [-0.4, -0.2) is 36.6 Å². The second-order valence-corrected chi connectivity index (χ2v) is 1.44. The lowest BCUT2D eigenvalue weighted by molar-refractivity contribution is -0.481. The van der Waals surface area contributed by atoms with Gasteiger partial charge in [-0.25, -0.2) is 0 Å². The summed E-state index contributed by atoms with van der Waals surface area (Å²) in [7, 11) is -14.6. The minimum atomic E-state index is -2.92. The van der Waals surface area contributed by atoms with Gasteiger partial charge in [0.15, 0.2) is 0 Å². The van der Waals surface area contributed by atoms with E-state index in [2.05, 4.69) is 0 Å². The highest BCUT2D eigenvalue weighted by molar-refractivity contribution is 6.24. The van der Waals surface area contributed by atoms with Crippen molar-refractivity contribution in [3.05, 3.63) is 0 Å². The molecule has 0 aliphatic carbocycles. The molecule has 0 unspecified atom stereocenters. The second-order valence-electron chi connectivity index (χ2n) is 1.44. The van der Waals surface area contributed by atoms with E-state index in [4.69, 9.17) is 75.4 Å². The van der Waals surface area contributed by atoms with Gasteiger partial charge in [0.05, 0.1) is 0 Å². The monoisotopic (exact) mass is 313 g/mol. The highest BCUT2D eigenvalue weighted by atomic mass is 16.5. The number of hydrogen-bond donors (Lipinski definition) is 1. The molecule has 21 heavy (non-hydrogen) atoms. The molecule has 0 aliphatic rings. The van der Waals surface area contributed by atoms with Crippen molar-refractivity contribution in [3.8, 4) is 0 Å². The summed E-state index contributed by atoms with van der Waals surface area (Å²) in [6.45, 7) is 0. The largest absolute Gasteiger partial charge is 0.907 e. The molecule has 0 saturated carbocycles. The molecule has 0 saturated heterocycles. The molecule has 0 spiro atoms. The molecule has 0 radical (unpaired) electrons. The maximum atomic E-state index is 8.42. The zero-order chi connectivity index (χ0) is 17.9. The fourth-order valence-electron chi connectivity index (χ4n) is 0. The molecule has 0 aliphatic heterocycles. The Labute approximate surface area is 119 Å². The molecule has 0 bridgehead atoms. The zero-order valence-electron chi connectivity index (χ0n) is 10.0. The fraction of sp³-hybridized carbons (Fsp3) is 0. The SMILES string of the molecule is [NH4+].[O-]B([O-])[O-].[O-]B([O-])[O-].[O-]B([O-])[O-].[O-]B([O-])[O-].[O-]B([O-])[O-]. The molecule has 0 fully saturated rings. The van der Waals surface area contributed by atoms with Crippen molar-refractivity contribution in [2.45, 2.75) is 0 Å². The lowest BCUT2D eigenvalue weighted by atomic mass is 10.3. The topological polar surface area (TPSA) is 382 Å². The van der Waals surface area contributed by atoms with E-state index in [1.165, 1.54) is 0 Å². The third-order valence-corrected chi connectivity index (χ3v) is 0. The van der Waals surface area contributed by atoms with Crippen molar-refractivity contribution in [2.75, 3.05) is 0 Å². The average Bonchev–Trinajstić information content (AvgIpc) is 1.94. The lowest BCUT2D eigenvalue weighted by Crippen LogP contribution is -2.56. The van der Waals surface area contributed by atoms with Gasteiger partial charge in [0, 0.05) is 0 Å². The van der Waals surface area contributed by atoms with Crippen LogP contribution in [0.15, 0.2) is 0 Å². The molecule has 0 heterocycles. The predicted octanol–water partition coefficient (Wildman–Crippen LogP) is -19.4. The first-order valence-electron chi connectivity index (χ1n) is 3.54. The van der Waals surface area contributed by atoms with Crippen LogP contribution in [0.5, 0.6) is 0 Å². The van der Waals surface area contributed by atoms with Crippen molar-refractivity contribution in [1.82, 2.24) is 6.15 Å². The summed E-state index contributed by atoms with van der Waals surface area (Å²) in [6, 6.07) is 0. The Morgan fingerprint density at radius 2 is 0.238 bits per heavy atom. The summed E-state index contributed by atoms with van der Waals surface area (Å²) in [4.78, 5) is 0. The van der Waals surface area contributed by atoms with Crippen LogP contribution in [0, 0.1) is 0 Å². The zero-order valence-corrected chi connectivity index (χ0v) is 10.0. The van der Waals surface area contributed by atoms with Gasteiger partial charge in [0.25, 0.3) is 0 Å². The van der Waals surface area contributed by atoms with Gasteiger partial charge in [0.2, 0.25) is 0 Å². The minimum absolute atomic E-state index is 0. The van der Waals surface area contributed by atoms with E-state index in [0.717, 1.165) is 0 Å². The van der Waals surface area contributed by atoms with E-state index >= 15 is 0 Å². The summed E-state index contributed by atoms with van der Waals surface area (Å²) >= 11 is 0. The first kappa shape index (κ1) is 37.2. The molecule has 0 amide bonds. The summed E-state index contributed by atoms with van der Waals surface area (Å²) < 4.78 is 0. The Morgan fingerprint density at radius 1 is 0.238 bits per heavy atom. The van der Waals surface area contributed by atoms with E-state index in [0.29, 0.717) is 0 Å². The number of quaternary nitrogens is 1. The summed E-state index contributed by atoms with van der Waals surface area (Å²) in [5.41, 5.74) is 0. The van der Waals surface area contributed by atoms with Crippen molar-refractivity contribution in [2.24, 2.45) is 0 Å². The van der Waals surface area contributed by atoms with E-state index in [-0.39, 0.29) is 6.15 Å². The van der Waals surface area contributed by atoms with Crippen molar-refractivity contribution in [1.29, 1.82) is 0 Å². The third kappa shape index (κ3) is 61900. The van der Waals surface area contributed by atoms with Gasteiger partial charge in [-0.2, -0.15) is 0 Å². The highest BCUT2D eigenvalue weighted by Crippen LogP contribution is 1.01. The normalized spacial score (nSPS) is 6.43. The Morgan fingerprint density at radius 3 is 0.238 bits per heavy atom. The first-order chi connectivity index (χ1) is 8.66. The molecule has 0 rings (SSSR count). The Kier molecular flexibility index (Phi) is 56.4.